The van der Waals surface area contributed by atoms with Crippen molar-refractivity contribution in [3.63, 3.8) is 0 Å². The molecule has 0 bridgehead atoms. The third kappa shape index (κ3) is 3.21. The van der Waals surface area contributed by atoms with E-state index in [9.17, 15) is 10.4 Å². The highest BCUT2D eigenvalue weighted by atomic mass is 16.3. The van der Waals surface area contributed by atoms with Gasteiger partial charge in [-0.25, -0.2) is 0 Å². The molecule has 2 aromatic rings. The highest BCUT2D eigenvalue weighted by molar-refractivity contribution is 6.05. The molecule has 1 fully saturated rings. The van der Waals surface area contributed by atoms with Crippen molar-refractivity contribution in [1.82, 2.24) is 4.98 Å². The minimum absolute atomic E-state index is 0.124. The molecular formula is C18H20N4O. The Bertz CT molecular complexity index is 804. The second-order valence-corrected chi connectivity index (χ2v) is 5.91. The Morgan fingerprint density at radius 1 is 1.30 bits per heavy atom. The highest BCUT2D eigenvalue weighted by Gasteiger charge is 2.15. The van der Waals surface area contributed by atoms with Crippen molar-refractivity contribution in [1.29, 1.82) is 5.26 Å². The largest absolute Gasteiger partial charge is 0.505 e. The average Bonchev–Trinajstić information content (AvgIpc) is 2.90. The highest BCUT2D eigenvalue weighted by Crippen LogP contribution is 2.30. The van der Waals surface area contributed by atoms with Gasteiger partial charge in [-0.05, 0) is 31.1 Å². The number of H-pyrrole nitrogens is 1. The van der Waals surface area contributed by atoms with Gasteiger partial charge in [0.25, 0.3) is 0 Å². The quantitative estimate of drug-likeness (QED) is 0.460. The van der Waals surface area contributed by atoms with Crippen LogP contribution in [-0.4, -0.2) is 22.0 Å². The second-order valence-electron chi connectivity index (χ2n) is 5.91. The molecule has 0 saturated heterocycles. The summed E-state index contributed by atoms with van der Waals surface area (Å²) in [5.41, 5.74) is 7.58. The van der Waals surface area contributed by atoms with Gasteiger partial charge in [-0.15, -0.1) is 0 Å². The van der Waals surface area contributed by atoms with Gasteiger partial charge in [0.05, 0.1) is 17.3 Å². The standard InChI is InChI=1S/C18H20N4O/c19-11-12(18(20)21-13-6-2-1-3-7-13)10-16-17(23)14-8-4-5-9-15(14)22-16/h4-5,8-10,13,22-23H,1-3,6-7H2,(H2,20,21)/b12-10+. The topological polar surface area (TPSA) is 98.2 Å². The third-order valence-electron chi connectivity index (χ3n) is 4.29. The smallest absolute Gasteiger partial charge is 0.148 e. The number of para-hydroxylation sites is 1. The van der Waals surface area contributed by atoms with Gasteiger partial charge in [-0.2, -0.15) is 5.26 Å². The minimum atomic E-state index is 0.124. The molecule has 0 amide bonds. The van der Waals surface area contributed by atoms with Crippen LogP contribution < -0.4 is 5.73 Å². The van der Waals surface area contributed by atoms with Crippen molar-refractivity contribution in [2.24, 2.45) is 10.7 Å². The molecule has 0 aliphatic heterocycles. The van der Waals surface area contributed by atoms with E-state index in [4.69, 9.17) is 5.73 Å². The van der Waals surface area contributed by atoms with Crippen molar-refractivity contribution in [2.75, 3.05) is 0 Å². The molecule has 23 heavy (non-hydrogen) atoms. The number of hydrogen-bond acceptors (Lipinski definition) is 3. The number of aromatic amines is 1. The van der Waals surface area contributed by atoms with E-state index < -0.39 is 0 Å². The van der Waals surface area contributed by atoms with E-state index >= 15 is 0 Å². The van der Waals surface area contributed by atoms with E-state index in [0.717, 1.165) is 36.6 Å². The Kier molecular flexibility index (Phi) is 4.33. The number of benzene rings is 1. The fourth-order valence-corrected chi connectivity index (χ4v) is 3.04. The van der Waals surface area contributed by atoms with Crippen LogP contribution in [0.5, 0.6) is 5.75 Å². The van der Waals surface area contributed by atoms with E-state index in [0.29, 0.717) is 5.69 Å². The Morgan fingerprint density at radius 2 is 2.04 bits per heavy atom. The van der Waals surface area contributed by atoms with Crippen LogP contribution in [0.3, 0.4) is 0 Å². The maximum Gasteiger partial charge on any atom is 0.148 e. The molecule has 0 unspecified atom stereocenters. The summed E-state index contributed by atoms with van der Waals surface area (Å²) in [5.74, 6) is 0.372. The number of aliphatic imine (C=N–C) groups is 1. The number of fused-ring (bicyclic) bond motifs is 1. The predicted molar refractivity (Wildman–Crippen MR) is 92.0 cm³/mol. The summed E-state index contributed by atoms with van der Waals surface area (Å²) in [6, 6.07) is 9.73. The maximum atomic E-state index is 10.3. The van der Waals surface area contributed by atoms with Crippen molar-refractivity contribution in [3.8, 4) is 11.8 Å². The van der Waals surface area contributed by atoms with Gasteiger partial charge < -0.3 is 15.8 Å². The zero-order chi connectivity index (χ0) is 16.2. The third-order valence-corrected chi connectivity index (χ3v) is 4.29. The van der Waals surface area contributed by atoms with Crippen LogP contribution in [0.2, 0.25) is 0 Å². The Hall–Kier alpha value is -2.74. The summed E-state index contributed by atoms with van der Waals surface area (Å²) in [6.45, 7) is 0. The van der Waals surface area contributed by atoms with E-state index in [1.54, 1.807) is 6.08 Å². The molecule has 118 valence electrons. The van der Waals surface area contributed by atoms with E-state index in [1.165, 1.54) is 6.42 Å². The number of aromatic hydroxyl groups is 1. The van der Waals surface area contributed by atoms with Gasteiger partial charge in [-0.3, -0.25) is 4.99 Å². The summed E-state index contributed by atoms with van der Waals surface area (Å²) in [7, 11) is 0. The van der Waals surface area contributed by atoms with Crippen molar-refractivity contribution < 1.29 is 5.11 Å². The first-order valence-corrected chi connectivity index (χ1v) is 7.94. The van der Waals surface area contributed by atoms with Crippen LogP contribution in [0.1, 0.15) is 37.8 Å². The van der Waals surface area contributed by atoms with Gasteiger partial charge in [0.2, 0.25) is 0 Å². The molecule has 0 atom stereocenters. The lowest BCUT2D eigenvalue weighted by Crippen LogP contribution is -2.20. The van der Waals surface area contributed by atoms with Gasteiger partial charge in [0, 0.05) is 10.9 Å². The molecule has 4 N–H and O–H groups in total. The molecule has 0 spiro atoms. The molecule has 3 rings (SSSR count). The number of amidine groups is 1. The number of nitrogens with two attached hydrogens (primary N) is 1. The fraction of sp³-hybridized carbons (Fsp3) is 0.333. The van der Waals surface area contributed by atoms with E-state index in [-0.39, 0.29) is 23.2 Å². The Morgan fingerprint density at radius 3 is 2.74 bits per heavy atom. The predicted octanol–water partition coefficient (Wildman–Crippen LogP) is 3.47. The zero-order valence-corrected chi connectivity index (χ0v) is 12.9. The number of hydrogen-bond donors (Lipinski definition) is 3. The summed E-state index contributed by atoms with van der Waals surface area (Å²) in [4.78, 5) is 7.59. The molecule has 1 saturated carbocycles. The molecule has 1 aliphatic rings. The molecular weight excluding hydrogens is 288 g/mol. The molecule has 1 aromatic carbocycles. The second kappa shape index (κ2) is 6.57. The number of nitriles is 1. The van der Waals surface area contributed by atoms with Crippen LogP contribution in [0.4, 0.5) is 0 Å². The summed E-state index contributed by atoms with van der Waals surface area (Å²) >= 11 is 0. The lowest BCUT2D eigenvalue weighted by atomic mass is 9.96. The van der Waals surface area contributed by atoms with E-state index in [2.05, 4.69) is 16.0 Å². The molecule has 1 aromatic heterocycles. The normalized spacial score (nSPS) is 17.3. The number of nitrogens with zero attached hydrogens (tertiary/aromatic N) is 2. The molecule has 5 nitrogen and oxygen atoms in total. The van der Waals surface area contributed by atoms with Crippen LogP contribution in [0.25, 0.3) is 17.0 Å². The average molecular weight is 308 g/mol. The summed E-state index contributed by atoms with van der Waals surface area (Å²) in [5, 5.41) is 20.4. The zero-order valence-electron chi connectivity index (χ0n) is 12.9. The monoisotopic (exact) mass is 308 g/mol. The Balaban J connectivity index is 1.92. The van der Waals surface area contributed by atoms with Crippen molar-refractivity contribution >= 4 is 22.8 Å². The van der Waals surface area contributed by atoms with Crippen molar-refractivity contribution in [2.45, 2.75) is 38.1 Å². The number of nitrogens with one attached hydrogen (secondary N) is 1. The van der Waals surface area contributed by atoms with Crippen LogP contribution in [-0.2, 0) is 0 Å². The lowest BCUT2D eigenvalue weighted by Gasteiger charge is -2.18. The molecule has 1 aliphatic carbocycles. The molecule has 5 heteroatoms. The fourth-order valence-electron chi connectivity index (χ4n) is 3.04. The summed E-state index contributed by atoms with van der Waals surface area (Å²) < 4.78 is 0. The van der Waals surface area contributed by atoms with Gasteiger partial charge in [-0.1, -0.05) is 31.4 Å². The first-order chi connectivity index (χ1) is 11.2. The first-order valence-electron chi connectivity index (χ1n) is 7.94. The van der Waals surface area contributed by atoms with Crippen LogP contribution >= 0.6 is 0 Å². The first kappa shape index (κ1) is 15.2. The molecule has 1 heterocycles. The number of rotatable bonds is 3. The van der Waals surface area contributed by atoms with Gasteiger partial charge >= 0.3 is 0 Å². The SMILES string of the molecule is N#C/C(=C\c1[nH]c2ccccc2c1O)C(N)=NC1CCCCC1. The number of aromatic nitrogens is 1. The van der Waals surface area contributed by atoms with Crippen LogP contribution in [0.15, 0.2) is 34.8 Å². The Labute approximate surface area is 135 Å². The minimum Gasteiger partial charge on any atom is -0.505 e. The summed E-state index contributed by atoms with van der Waals surface area (Å²) in [6.07, 6.45) is 7.19. The van der Waals surface area contributed by atoms with Gasteiger partial charge in [0.1, 0.15) is 17.7 Å². The van der Waals surface area contributed by atoms with Crippen molar-refractivity contribution in [3.05, 3.63) is 35.5 Å². The van der Waals surface area contributed by atoms with Gasteiger partial charge in [0.15, 0.2) is 0 Å². The van der Waals surface area contributed by atoms with E-state index in [1.807, 2.05) is 24.3 Å². The maximum absolute atomic E-state index is 10.3. The molecule has 0 radical (unpaired) electrons. The van der Waals surface area contributed by atoms with Crippen LogP contribution in [0, 0.1) is 11.3 Å². The lowest BCUT2D eigenvalue weighted by molar-refractivity contribution is 0.443.